The zero-order chi connectivity index (χ0) is 13.8. The lowest BCUT2D eigenvalue weighted by atomic mass is 9.76. The fourth-order valence-electron chi connectivity index (χ4n) is 5.10. The van der Waals surface area contributed by atoms with Gasteiger partial charge in [-0.2, -0.15) is 0 Å². The molecular formula is C16H30N4. The third-order valence-corrected chi connectivity index (χ3v) is 6.43. The summed E-state index contributed by atoms with van der Waals surface area (Å²) < 4.78 is 0. The van der Waals surface area contributed by atoms with Crippen molar-refractivity contribution in [3.63, 3.8) is 0 Å². The quantitative estimate of drug-likeness (QED) is 0.541. The lowest BCUT2D eigenvalue weighted by molar-refractivity contribution is -0.0523. The van der Waals surface area contributed by atoms with Gasteiger partial charge in [0.05, 0.1) is 11.3 Å². The summed E-state index contributed by atoms with van der Waals surface area (Å²) in [6.45, 7) is 4.70. The molecule has 2 aliphatic heterocycles. The molecule has 0 aromatic carbocycles. The van der Waals surface area contributed by atoms with Gasteiger partial charge in [-0.1, -0.05) is 25.7 Å². The van der Waals surface area contributed by atoms with Crippen molar-refractivity contribution in [3.8, 4) is 0 Å². The zero-order valence-corrected chi connectivity index (χ0v) is 13.0. The van der Waals surface area contributed by atoms with Crippen LogP contribution in [0.1, 0.15) is 65.2 Å². The Labute approximate surface area is 122 Å². The first kappa shape index (κ1) is 13.5. The van der Waals surface area contributed by atoms with Gasteiger partial charge in [-0.15, -0.1) is 0 Å². The average molecular weight is 278 g/mol. The third kappa shape index (κ3) is 1.96. The zero-order valence-electron chi connectivity index (χ0n) is 13.0. The standard InChI is InChI=1S/C16H30N4/c1-15-16(2,19-13-9-5-3-7-11(13)17-15)20-14-10-6-4-8-12(14)18-15/h11-14,17-20H,3-10H2,1-2H3/t11-,12-,13-,14+,15?,16?/m0/s1. The van der Waals surface area contributed by atoms with Crippen LogP contribution in [-0.2, 0) is 0 Å². The molecule has 6 atom stereocenters. The molecule has 4 heteroatoms. The van der Waals surface area contributed by atoms with E-state index in [1.54, 1.807) is 0 Å². The average Bonchev–Trinajstić information content (AvgIpc) is 2.42. The molecule has 0 radical (unpaired) electrons. The number of rotatable bonds is 0. The lowest BCUT2D eigenvalue weighted by Crippen LogP contribution is -2.91. The fourth-order valence-corrected chi connectivity index (χ4v) is 5.10. The minimum absolute atomic E-state index is 0.0377. The van der Waals surface area contributed by atoms with Gasteiger partial charge in [0, 0.05) is 24.2 Å². The van der Waals surface area contributed by atoms with Crippen LogP contribution >= 0.6 is 0 Å². The van der Waals surface area contributed by atoms with E-state index in [9.17, 15) is 0 Å². The highest BCUT2D eigenvalue weighted by atomic mass is 15.4. The van der Waals surface area contributed by atoms with Gasteiger partial charge in [-0.3, -0.25) is 21.3 Å². The van der Waals surface area contributed by atoms with Crippen molar-refractivity contribution >= 4 is 0 Å². The first-order valence-corrected chi connectivity index (χ1v) is 8.70. The second-order valence-electron chi connectivity index (χ2n) is 7.82. The van der Waals surface area contributed by atoms with E-state index in [0.717, 1.165) is 0 Å². The van der Waals surface area contributed by atoms with Crippen LogP contribution in [0.3, 0.4) is 0 Å². The molecule has 0 aromatic rings. The van der Waals surface area contributed by atoms with Crippen molar-refractivity contribution in [1.82, 2.24) is 21.3 Å². The number of fused-ring (bicyclic) bond motifs is 3. The Morgan fingerprint density at radius 2 is 0.800 bits per heavy atom. The van der Waals surface area contributed by atoms with Gasteiger partial charge in [0.1, 0.15) is 0 Å². The maximum absolute atomic E-state index is 3.97. The molecule has 4 fully saturated rings. The molecule has 0 bridgehead atoms. The molecule has 2 saturated heterocycles. The van der Waals surface area contributed by atoms with E-state index in [4.69, 9.17) is 0 Å². The Kier molecular flexibility index (Phi) is 3.15. The molecule has 0 aromatic heterocycles. The summed E-state index contributed by atoms with van der Waals surface area (Å²) in [7, 11) is 0. The molecule has 2 unspecified atom stereocenters. The van der Waals surface area contributed by atoms with E-state index in [2.05, 4.69) is 35.1 Å². The van der Waals surface area contributed by atoms with Gasteiger partial charge in [-0.05, 0) is 39.5 Å². The predicted molar refractivity (Wildman–Crippen MR) is 81.4 cm³/mol. The van der Waals surface area contributed by atoms with Crippen LogP contribution in [0.25, 0.3) is 0 Å². The normalized spacial score (nSPS) is 55.5. The van der Waals surface area contributed by atoms with E-state index in [1.165, 1.54) is 51.4 Å². The minimum Gasteiger partial charge on any atom is -0.293 e. The summed E-state index contributed by atoms with van der Waals surface area (Å²) in [6, 6.07) is 2.54. The number of hydrogen-bond acceptors (Lipinski definition) is 4. The van der Waals surface area contributed by atoms with Crippen molar-refractivity contribution < 1.29 is 0 Å². The second-order valence-corrected chi connectivity index (χ2v) is 7.82. The van der Waals surface area contributed by atoms with Gasteiger partial charge in [0.15, 0.2) is 0 Å². The van der Waals surface area contributed by atoms with Gasteiger partial charge >= 0.3 is 0 Å². The molecule has 4 aliphatic rings. The summed E-state index contributed by atoms with van der Waals surface area (Å²) in [4.78, 5) is 0. The van der Waals surface area contributed by atoms with Crippen LogP contribution in [0, 0.1) is 0 Å². The highest BCUT2D eigenvalue weighted by Crippen LogP contribution is 2.36. The van der Waals surface area contributed by atoms with Crippen molar-refractivity contribution in [3.05, 3.63) is 0 Å². The largest absolute Gasteiger partial charge is 0.293 e. The summed E-state index contributed by atoms with van der Waals surface area (Å²) in [5.74, 6) is 0. The third-order valence-electron chi connectivity index (χ3n) is 6.43. The lowest BCUT2D eigenvalue weighted by Gasteiger charge is -2.64. The van der Waals surface area contributed by atoms with Crippen molar-refractivity contribution in [1.29, 1.82) is 0 Å². The fraction of sp³-hybridized carbons (Fsp3) is 1.00. The van der Waals surface area contributed by atoms with Gasteiger partial charge < -0.3 is 0 Å². The van der Waals surface area contributed by atoms with Crippen molar-refractivity contribution in [2.24, 2.45) is 0 Å². The smallest absolute Gasteiger partial charge is 0.0984 e. The van der Waals surface area contributed by atoms with Gasteiger partial charge in [0.2, 0.25) is 0 Å². The molecule has 20 heavy (non-hydrogen) atoms. The van der Waals surface area contributed by atoms with Crippen LogP contribution in [0.5, 0.6) is 0 Å². The van der Waals surface area contributed by atoms with E-state index >= 15 is 0 Å². The molecule has 4 nitrogen and oxygen atoms in total. The molecule has 0 amide bonds. The van der Waals surface area contributed by atoms with Crippen LogP contribution in [-0.4, -0.2) is 35.5 Å². The number of nitrogens with one attached hydrogen (secondary N) is 4. The molecule has 2 heterocycles. The Balaban J connectivity index is 1.60. The number of piperazine rings is 2. The minimum atomic E-state index is -0.0377. The number of hydrogen-bond donors (Lipinski definition) is 4. The molecule has 0 spiro atoms. The Hall–Kier alpha value is -0.160. The predicted octanol–water partition coefficient (Wildman–Crippen LogP) is 1.43. The van der Waals surface area contributed by atoms with E-state index in [1.807, 2.05) is 0 Å². The Morgan fingerprint density at radius 1 is 0.550 bits per heavy atom. The van der Waals surface area contributed by atoms with Crippen molar-refractivity contribution in [2.75, 3.05) is 0 Å². The topological polar surface area (TPSA) is 48.1 Å². The Bertz CT molecular complexity index is 319. The highest BCUT2D eigenvalue weighted by Gasteiger charge is 2.57. The molecule has 4 N–H and O–H groups in total. The monoisotopic (exact) mass is 278 g/mol. The summed E-state index contributed by atoms with van der Waals surface area (Å²) in [5, 5.41) is 15.9. The summed E-state index contributed by atoms with van der Waals surface area (Å²) in [6.07, 6.45) is 10.8. The van der Waals surface area contributed by atoms with Crippen LogP contribution < -0.4 is 21.3 Å². The SMILES string of the molecule is CC12N[C@H]3CCCC[C@@H]3NC1(C)N[C@@H]1CCCC[C@@H]1N2. The molecule has 2 aliphatic carbocycles. The van der Waals surface area contributed by atoms with E-state index in [-0.39, 0.29) is 11.3 Å². The highest BCUT2D eigenvalue weighted by molar-refractivity contribution is 5.17. The van der Waals surface area contributed by atoms with E-state index < -0.39 is 0 Å². The van der Waals surface area contributed by atoms with E-state index in [0.29, 0.717) is 24.2 Å². The van der Waals surface area contributed by atoms with Crippen LogP contribution in [0.4, 0.5) is 0 Å². The second kappa shape index (κ2) is 4.67. The van der Waals surface area contributed by atoms with Gasteiger partial charge in [-0.25, -0.2) is 0 Å². The Morgan fingerprint density at radius 3 is 1.05 bits per heavy atom. The van der Waals surface area contributed by atoms with Crippen LogP contribution in [0.15, 0.2) is 0 Å². The first-order chi connectivity index (χ1) is 9.60. The summed E-state index contributed by atoms with van der Waals surface area (Å²) in [5.41, 5.74) is -0.0754. The molecule has 4 rings (SSSR count). The molecule has 2 saturated carbocycles. The van der Waals surface area contributed by atoms with Gasteiger partial charge in [0.25, 0.3) is 0 Å². The molecular weight excluding hydrogens is 248 g/mol. The first-order valence-electron chi connectivity index (χ1n) is 8.70. The summed E-state index contributed by atoms with van der Waals surface area (Å²) >= 11 is 0. The maximum Gasteiger partial charge on any atom is 0.0984 e. The van der Waals surface area contributed by atoms with Crippen LogP contribution in [0.2, 0.25) is 0 Å². The van der Waals surface area contributed by atoms with Crippen molar-refractivity contribution in [2.45, 2.75) is 101 Å². The molecule has 114 valence electrons. The maximum atomic E-state index is 3.97.